The smallest absolute Gasteiger partial charge is 0.137 e. The van der Waals surface area contributed by atoms with Gasteiger partial charge in [-0.15, -0.1) is 0 Å². The first-order chi connectivity index (χ1) is 9.10. The molecule has 2 aromatic rings. The summed E-state index contributed by atoms with van der Waals surface area (Å²) < 4.78 is 32.3. The number of ether oxygens (including phenoxy) is 1. The molecule has 5 heteroatoms. The SMILES string of the molecule is NCc1ccc(F)c(COc2ccc(F)c(Br)c2)c1. The molecule has 0 fully saturated rings. The second kappa shape index (κ2) is 6.12. The molecule has 100 valence electrons. The highest BCUT2D eigenvalue weighted by Gasteiger charge is 2.06. The van der Waals surface area contributed by atoms with E-state index in [-0.39, 0.29) is 18.2 Å². The van der Waals surface area contributed by atoms with Gasteiger partial charge < -0.3 is 10.5 Å². The maximum Gasteiger partial charge on any atom is 0.137 e. The van der Waals surface area contributed by atoms with Crippen molar-refractivity contribution in [3.63, 3.8) is 0 Å². The molecule has 0 unspecified atom stereocenters. The number of benzene rings is 2. The normalized spacial score (nSPS) is 10.5. The summed E-state index contributed by atoms with van der Waals surface area (Å²) in [6.45, 7) is 0.410. The summed E-state index contributed by atoms with van der Waals surface area (Å²) in [5.41, 5.74) is 6.75. The molecule has 0 amide bonds. The van der Waals surface area contributed by atoms with E-state index in [0.29, 0.717) is 22.3 Å². The third-order valence-corrected chi connectivity index (χ3v) is 3.24. The van der Waals surface area contributed by atoms with Gasteiger partial charge in [0.2, 0.25) is 0 Å². The Balaban J connectivity index is 2.11. The molecule has 0 bridgehead atoms. The minimum Gasteiger partial charge on any atom is -0.489 e. The van der Waals surface area contributed by atoms with E-state index in [1.54, 1.807) is 12.1 Å². The fourth-order valence-electron chi connectivity index (χ4n) is 1.59. The summed E-state index contributed by atoms with van der Waals surface area (Å²) in [4.78, 5) is 0. The lowest BCUT2D eigenvalue weighted by Crippen LogP contribution is -2.02. The van der Waals surface area contributed by atoms with Crippen LogP contribution in [-0.2, 0) is 13.2 Å². The predicted octanol–water partition coefficient (Wildman–Crippen LogP) is 3.77. The van der Waals surface area contributed by atoms with Crippen molar-refractivity contribution in [3.05, 3.63) is 63.6 Å². The van der Waals surface area contributed by atoms with Gasteiger partial charge in [0, 0.05) is 12.1 Å². The molecule has 0 spiro atoms. The lowest BCUT2D eigenvalue weighted by Gasteiger charge is -2.09. The van der Waals surface area contributed by atoms with Crippen LogP contribution in [0.5, 0.6) is 5.75 Å². The molecule has 0 saturated carbocycles. The fraction of sp³-hybridized carbons (Fsp3) is 0.143. The van der Waals surface area contributed by atoms with Crippen LogP contribution < -0.4 is 10.5 Å². The predicted molar refractivity (Wildman–Crippen MR) is 72.7 cm³/mol. The quantitative estimate of drug-likeness (QED) is 0.927. The Bertz CT molecular complexity index is 590. The minimum absolute atomic E-state index is 0.0672. The minimum atomic E-state index is -0.372. The van der Waals surface area contributed by atoms with Crippen LogP contribution in [0.3, 0.4) is 0 Å². The van der Waals surface area contributed by atoms with Crippen molar-refractivity contribution in [1.82, 2.24) is 0 Å². The van der Waals surface area contributed by atoms with Crippen molar-refractivity contribution in [2.45, 2.75) is 13.2 Å². The molecule has 2 N–H and O–H groups in total. The summed E-state index contributed by atoms with van der Waals surface area (Å²) in [5, 5.41) is 0. The molecule has 19 heavy (non-hydrogen) atoms. The summed E-state index contributed by atoms with van der Waals surface area (Å²) in [6, 6.07) is 8.93. The van der Waals surface area contributed by atoms with Crippen LogP contribution in [0.15, 0.2) is 40.9 Å². The van der Waals surface area contributed by atoms with Gasteiger partial charge in [0.25, 0.3) is 0 Å². The summed E-state index contributed by atoms with van der Waals surface area (Å²) in [5.74, 6) is -0.257. The second-order valence-corrected chi connectivity index (χ2v) is 4.85. The van der Waals surface area contributed by atoms with E-state index in [2.05, 4.69) is 15.9 Å². The summed E-state index contributed by atoms with van der Waals surface area (Å²) >= 11 is 3.06. The van der Waals surface area contributed by atoms with Gasteiger partial charge in [0.15, 0.2) is 0 Å². The average Bonchev–Trinajstić information content (AvgIpc) is 2.41. The Morgan fingerprint density at radius 1 is 1.05 bits per heavy atom. The Kier molecular flexibility index (Phi) is 4.50. The van der Waals surface area contributed by atoms with Gasteiger partial charge in [-0.25, -0.2) is 8.78 Å². The van der Waals surface area contributed by atoms with Crippen molar-refractivity contribution in [2.75, 3.05) is 0 Å². The molecule has 0 aliphatic heterocycles. The molecular formula is C14H12BrF2NO. The standard InChI is InChI=1S/C14H12BrF2NO/c15-12-6-11(2-4-14(12)17)19-8-10-5-9(7-18)1-3-13(10)16/h1-6H,7-8,18H2. The highest BCUT2D eigenvalue weighted by atomic mass is 79.9. The zero-order valence-corrected chi connectivity index (χ0v) is 11.6. The molecule has 0 aliphatic rings. The summed E-state index contributed by atoms with van der Waals surface area (Å²) in [6.07, 6.45) is 0. The molecule has 2 nitrogen and oxygen atoms in total. The molecule has 0 aliphatic carbocycles. The average molecular weight is 328 g/mol. The van der Waals surface area contributed by atoms with Crippen LogP contribution in [0.4, 0.5) is 8.78 Å². The van der Waals surface area contributed by atoms with Crippen molar-refractivity contribution in [2.24, 2.45) is 5.73 Å². The molecule has 2 aromatic carbocycles. The first-order valence-corrected chi connectivity index (χ1v) is 6.44. The zero-order chi connectivity index (χ0) is 13.8. The van der Waals surface area contributed by atoms with Crippen molar-refractivity contribution in [3.8, 4) is 5.75 Å². The third kappa shape index (κ3) is 3.52. The van der Waals surface area contributed by atoms with Gasteiger partial charge in [-0.1, -0.05) is 6.07 Å². The first-order valence-electron chi connectivity index (χ1n) is 5.65. The topological polar surface area (TPSA) is 35.2 Å². The lowest BCUT2D eigenvalue weighted by atomic mass is 10.1. The Morgan fingerprint density at radius 3 is 2.47 bits per heavy atom. The third-order valence-electron chi connectivity index (χ3n) is 2.63. The second-order valence-electron chi connectivity index (χ2n) is 3.99. The molecule has 0 radical (unpaired) electrons. The number of halogens is 3. The van der Waals surface area contributed by atoms with Crippen LogP contribution in [0.25, 0.3) is 0 Å². The Labute approximate surface area is 118 Å². The van der Waals surface area contributed by atoms with E-state index in [4.69, 9.17) is 10.5 Å². The van der Waals surface area contributed by atoms with Gasteiger partial charge in [0.1, 0.15) is 24.0 Å². The zero-order valence-electron chi connectivity index (χ0n) is 10.00. The van der Waals surface area contributed by atoms with Crippen LogP contribution in [0, 0.1) is 11.6 Å². The molecule has 2 rings (SSSR count). The van der Waals surface area contributed by atoms with Crippen LogP contribution in [0.1, 0.15) is 11.1 Å². The Hall–Kier alpha value is -1.46. The van der Waals surface area contributed by atoms with Crippen LogP contribution >= 0.6 is 15.9 Å². The number of hydrogen-bond donors (Lipinski definition) is 1. The van der Waals surface area contributed by atoms with E-state index in [9.17, 15) is 8.78 Å². The fourth-order valence-corrected chi connectivity index (χ4v) is 1.95. The lowest BCUT2D eigenvalue weighted by molar-refractivity contribution is 0.299. The molecular weight excluding hydrogens is 316 g/mol. The van der Waals surface area contributed by atoms with E-state index < -0.39 is 0 Å². The van der Waals surface area contributed by atoms with E-state index >= 15 is 0 Å². The molecule has 0 aromatic heterocycles. The summed E-state index contributed by atoms with van der Waals surface area (Å²) in [7, 11) is 0. The number of hydrogen-bond acceptors (Lipinski definition) is 2. The van der Waals surface area contributed by atoms with Crippen LogP contribution in [0.2, 0.25) is 0 Å². The van der Waals surface area contributed by atoms with E-state index in [1.807, 2.05) is 0 Å². The van der Waals surface area contributed by atoms with Gasteiger partial charge in [0.05, 0.1) is 4.47 Å². The highest BCUT2D eigenvalue weighted by Crippen LogP contribution is 2.23. The molecule has 0 atom stereocenters. The molecule has 0 saturated heterocycles. The first kappa shape index (κ1) is 14.0. The van der Waals surface area contributed by atoms with E-state index in [1.165, 1.54) is 24.3 Å². The largest absolute Gasteiger partial charge is 0.489 e. The Morgan fingerprint density at radius 2 is 1.79 bits per heavy atom. The van der Waals surface area contributed by atoms with Crippen molar-refractivity contribution in [1.29, 1.82) is 0 Å². The van der Waals surface area contributed by atoms with Crippen molar-refractivity contribution < 1.29 is 13.5 Å². The number of nitrogens with two attached hydrogens (primary N) is 1. The number of rotatable bonds is 4. The van der Waals surface area contributed by atoms with Gasteiger partial charge in [-0.05, 0) is 51.8 Å². The van der Waals surface area contributed by atoms with Crippen LogP contribution in [-0.4, -0.2) is 0 Å². The maximum absolute atomic E-state index is 13.6. The van der Waals surface area contributed by atoms with Gasteiger partial charge in [-0.3, -0.25) is 0 Å². The highest BCUT2D eigenvalue weighted by molar-refractivity contribution is 9.10. The van der Waals surface area contributed by atoms with E-state index in [0.717, 1.165) is 5.56 Å². The monoisotopic (exact) mass is 327 g/mol. The maximum atomic E-state index is 13.6. The van der Waals surface area contributed by atoms with Crippen molar-refractivity contribution >= 4 is 15.9 Å². The van der Waals surface area contributed by atoms with Gasteiger partial charge >= 0.3 is 0 Å². The van der Waals surface area contributed by atoms with Gasteiger partial charge in [-0.2, -0.15) is 0 Å². The molecule has 0 heterocycles.